The largest absolute Gasteiger partial charge is 0.392 e. The van der Waals surface area contributed by atoms with Gasteiger partial charge in [0.2, 0.25) is 0 Å². The molecule has 2 saturated heterocycles. The Bertz CT molecular complexity index is 533. The smallest absolute Gasteiger partial charge is 0.0696 e. The van der Waals surface area contributed by atoms with Crippen molar-refractivity contribution in [3.05, 3.63) is 35.4 Å². The van der Waals surface area contributed by atoms with E-state index >= 15 is 0 Å². The van der Waals surface area contributed by atoms with Crippen LogP contribution < -0.4 is 5.32 Å². The molecule has 2 heterocycles. The van der Waals surface area contributed by atoms with E-state index in [1.807, 2.05) is 0 Å². The molecule has 0 saturated carbocycles. The quantitative estimate of drug-likeness (QED) is 0.870. The third-order valence-corrected chi connectivity index (χ3v) is 6.54. The zero-order valence-corrected chi connectivity index (χ0v) is 15.4. The molecule has 1 aliphatic carbocycles. The molecule has 0 aromatic heterocycles. The van der Waals surface area contributed by atoms with Gasteiger partial charge >= 0.3 is 0 Å². The van der Waals surface area contributed by atoms with Crippen LogP contribution in [-0.4, -0.2) is 72.9 Å². The van der Waals surface area contributed by atoms with Gasteiger partial charge in [-0.2, -0.15) is 0 Å². The van der Waals surface area contributed by atoms with E-state index in [1.54, 1.807) is 11.1 Å². The number of piperidine rings is 1. The lowest BCUT2D eigenvalue weighted by molar-refractivity contribution is 0.0511. The van der Waals surface area contributed by atoms with Crippen LogP contribution in [0.4, 0.5) is 0 Å². The van der Waals surface area contributed by atoms with Gasteiger partial charge < -0.3 is 10.4 Å². The van der Waals surface area contributed by atoms with Gasteiger partial charge in [0.05, 0.1) is 6.10 Å². The highest BCUT2D eigenvalue weighted by atomic mass is 16.3. The van der Waals surface area contributed by atoms with Gasteiger partial charge in [-0.3, -0.25) is 9.80 Å². The molecule has 1 aromatic rings. The van der Waals surface area contributed by atoms with Crippen molar-refractivity contribution in [1.82, 2.24) is 15.1 Å². The zero-order valence-electron chi connectivity index (χ0n) is 15.4. The standard InChI is InChI=1S/C21H33N3O/c25-21(17-6-8-22-9-7-17)16-23-10-3-11-24(13-12-23)20-14-18-4-1-2-5-19(18)15-20/h1-2,4-5,17,20-22,25H,3,6-16H2. The third kappa shape index (κ3) is 4.25. The first-order chi connectivity index (χ1) is 12.3. The topological polar surface area (TPSA) is 38.7 Å². The number of hydrogen-bond donors (Lipinski definition) is 2. The van der Waals surface area contributed by atoms with Crippen molar-refractivity contribution < 1.29 is 5.11 Å². The van der Waals surface area contributed by atoms with E-state index in [9.17, 15) is 5.11 Å². The predicted octanol–water partition coefficient (Wildman–Crippen LogP) is 1.52. The number of rotatable bonds is 4. The summed E-state index contributed by atoms with van der Waals surface area (Å²) in [4.78, 5) is 5.21. The summed E-state index contributed by atoms with van der Waals surface area (Å²) in [5.41, 5.74) is 3.10. The molecule has 2 aliphatic heterocycles. The van der Waals surface area contributed by atoms with E-state index < -0.39 is 0 Å². The molecular weight excluding hydrogens is 310 g/mol. The van der Waals surface area contributed by atoms with Crippen LogP contribution in [0.1, 0.15) is 30.4 Å². The summed E-state index contributed by atoms with van der Waals surface area (Å²) in [5, 5.41) is 14.0. The van der Waals surface area contributed by atoms with Crippen LogP contribution in [0.25, 0.3) is 0 Å². The fourth-order valence-corrected chi connectivity index (χ4v) is 4.98. The van der Waals surface area contributed by atoms with E-state index in [-0.39, 0.29) is 6.10 Å². The first kappa shape index (κ1) is 17.5. The second-order valence-corrected chi connectivity index (χ2v) is 8.18. The highest BCUT2D eigenvalue weighted by Gasteiger charge is 2.29. The lowest BCUT2D eigenvalue weighted by Gasteiger charge is -2.31. The molecule has 1 unspecified atom stereocenters. The molecule has 0 radical (unpaired) electrons. The number of fused-ring (bicyclic) bond motifs is 1. The Kier molecular flexibility index (Phi) is 5.71. The van der Waals surface area contributed by atoms with Gasteiger partial charge in [-0.1, -0.05) is 24.3 Å². The molecule has 0 spiro atoms. The van der Waals surface area contributed by atoms with E-state index in [0.717, 1.165) is 52.1 Å². The monoisotopic (exact) mass is 343 g/mol. The normalized spacial score (nSPS) is 25.6. The minimum absolute atomic E-state index is 0.149. The van der Waals surface area contributed by atoms with E-state index in [1.165, 1.54) is 25.8 Å². The molecule has 1 atom stereocenters. The number of aliphatic hydroxyl groups excluding tert-OH is 1. The first-order valence-electron chi connectivity index (χ1n) is 10.2. The third-order valence-electron chi connectivity index (χ3n) is 6.54. The maximum absolute atomic E-state index is 10.6. The van der Waals surface area contributed by atoms with Crippen LogP contribution in [0.15, 0.2) is 24.3 Å². The minimum Gasteiger partial charge on any atom is -0.392 e. The summed E-state index contributed by atoms with van der Waals surface area (Å²) < 4.78 is 0. The highest BCUT2D eigenvalue weighted by Crippen LogP contribution is 2.26. The summed E-state index contributed by atoms with van der Waals surface area (Å²) in [6.45, 7) is 7.60. The molecule has 2 fully saturated rings. The molecule has 3 aliphatic rings. The van der Waals surface area contributed by atoms with Crippen LogP contribution in [0.5, 0.6) is 0 Å². The van der Waals surface area contributed by atoms with Crippen molar-refractivity contribution in [2.45, 2.75) is 44.2 Å². The van der Waals surface area contributed by atoms with Gasteiger partial charge in [-0.05, 0) is 75.3 Å². The zero-order chi connectivity index (χ0) is 17.1. The maximum Gasteiger partial charge on any atom is 0.0696 e. The Hall–Kier alpha value is -0.940. The second kappa shape index (κ2) is 8.17. The molecular formula is C21H33N3O. The number of benzene rings is 1. The average molecular weight is 344 g/mol. The van der Waals surface area contributed by atoms with Crippen LogP contribution in [-0.2, 0) is 12.8 Å². The number of aliphatic hydroxyl groups is 1. The highest BCUT2D eigenvalue weighted by molar-refractivity contribution is 5.33. The molecule has 138 valence electrons. The van der Waals surface area contributed by atoms with Gasteiger partial charge in [0, 0.05) is 25.7 Å². The summed E-state index contributed by atoms with van der Waals surface area (Å²) in [7, 11) is 0. The van der Waals surface area contributed by atoms with Crippen molar-refractivity contribution >= 4 is 0 Å². The molecule has 4 nitrogen and oxygen atoms in total. The van der Waals surface area contributed by atoms with Crippen LogP contribution >= 0.6 is 0 Å². The minimum atomic E-state index is -0.149. The number of β-amino-alcohol motifs (C(OH)–C–C–N with tert-alkyl or cyclic N) is 1. The number of nitrogens with one attached hydrogen (secondary N) is 1. The van der Waals surface area contributed by atoms with Crippen LogP contribution in [0.2, 0.25) is 0 Å². The average Bonchev–Trinajstić information content (AvgIpc) is 2.95. The van der Waals surface area contributed by atoms with Gasteiger partial charge in [0.25, 0.3) is 0 Å². The molecule has 0 amide bonds. The van der Waals surface area contributed by atoms with E-state index in [0.29, 0.717) is 12.0 Å². The Morgan fingerprint density at radius 2 is 1.72 bits per heavy atom. The van der Waals surface area contributed by atoms with Crippen molar-refractivity contribution in [2.75, 3.05) is 45.8 Å². The van der Waals surface area contributed by atoms with Crippen molar-refractivity contribution in [2.24, 2.45) is 5.92 Å². The Morgan fingerprint density at radius 3 is 2.44 bits per heavy atom. The second-order valence-electron chi connectivity index (χ2n) is 8.18. The molecule has 0 bridgehead atoms. The summed E-state index contributed by atoms with van der Waals surface area (Å²) in [5.74, 6) is 0.491. The Labute approximate surface area is 152 Å². The summed E-state index contributed by atoms with van der Waals surface area (Å²) in [6.07, 6.45) is 5.76. The Balaban J connectivity index is 1.27. The maximum atomic E-state index is 10.6. The van der Waals surface area contributed by atoms with E-state index in [2.05, 4.69) is 39.4 Å². The molecule has 4 rings (SSSR count). The van der Waals surface area contributed by atoms with Crippen molar-refractivity contribution in [3.63, 3.8) is 0 Å². The Morgan fingerprint density at radius 1 is 1.00 bits per heavy atom. The lowest BCUT2D eigenvalue weighted by Crippen LogP contribution is -2.43. The van der Waals surface area contributed by atoms with Crippen LogP contribution in [0.3, 0.4) is 0 Å². The summed E-state index contributed by atoms with van der Waals surface area (Å²) >= 11 is 0. The lowest BCUT2D eigenvalue weighted by atomic mass is 9.92. The van der Waals surface area contributed by atoms with Gasteiger partial charge in [-0.15, -0.1) is 0 Å². The SMILES string of the molecule is OC(CN1CCCN(C2Cc3ccccc3C2)CC1)C1CCNCC1. The number of hydrogen-bond acceptors (Lipinski definition) is 4. The van der Waals surface area contributed by atoms with Gasteiger partial charge in [0.15, 0.2) is 0 Å². The first-order valence-corrected chi connectivity index (χ1v) is 10.2. The molecule has 4 heteroatoms. The predicted molar refractivity (Wildman–Crippen MR) is 102 cm³/mol. The molecule has 2 N–H and O–H groups in total. The van der Waals surface area contributed by atoms with Gasteiger partial charge in [-0.25, -0.2) is 0 Å². The summed E-state index contributed by atoms with van der Waals surface area (Å²) in [6, 6.07) is 9.64. The fraction of sp³-hybridized carbons (Fsp3) is 0.714. The van der Waals surface area contributed by atoms with Gasteiger partial charge in [0.1, 0.15) is 0 Å². The van der Waals surface area contributed by atoms with Crippen LogP contribution in [0, 0.1) is 5.92 Å². The molecule has 25 heavy (non-hydrogen) atoms. The fourth-order valence-electron chi connectivity index (χ4n) is 4.98. The molecule has 1 aromatic carbocycles. The van der Waals surface area contributed by atoms with Crippen molar-refractivity contribution in [1.29, 1.82) is 0 Å². The van der Waals surface area contributed by atoms with Crippen molar-refractivity contribution in [3.8, 4) is 0 Å². The van der Waals surface area contributed by atoms with E-state index in [4.69, 9.17) is 0 Å². The number of nitrogens with zero attached hydrogens (tertiary/aromatic N) is 2.